The van der Waals surface area contributed by atoms with Crippen LogP contribution in [0.5, 0.6) is 5.75 Å². The van der Waals surface area contributed by atoms with Gasteiger partial charge in [-0.3, -0.25) is 0 Å². The summed E-state index contributed by atoms with van der Waals surface area (Å²) < 4.78 is 7.18. The molecule has 5 nitrogen and oxygen atoms in total. The highest BCUT2D eigenvalue weighted by Crippen LogP contribution is 2.25. The van der Waals surface area contributed by atoms with Crippen LogP contribution in [-0.2, 0) is 6.54 Å². The molecule has 1 aromatic heterocycles. The van der Waals surface area contributed by atoms with Crippen LogP contribution in [0.15, 0.2) is 48.5 Å². The number of imidazole rings is 1. The number of hydrogen-bond acceptors (Lipinski definition) is 4. The molecule has 0 aliphatic heterocycles. The first-order valence-corrected chi connectivity index (χ1v) is 7.63. The Morgan fingerprint density at radius 2 is 1.87 bits per heavy atom. The van der Waals surface area contributed by atoms with Crippen molar-refractivity contribution in [1.82, 2.24) is 9.55 Å². The average molecular weight is 311 g/mol. The fourth-order valence-electron chi connectivity index (χ4n) is 2.75. The summed E-state index contributed by atoms with van der Waals surface area (Å²) in [6, 6.07) is 15.1. The van der Waals surface area contributed by atoms with Gasteiger partial charge in [0, 0.05) is 0 Å². The summed E-state index contributed by atoms with van der Waals surface area (Å²) in [5.74, 6) is 1.54. The number of ether oxygens (including phenoxy) is 1. The second-order valence-corrected chi connectivity index (χ2v) is 5.67. The molecule has 3 aromatic rings. The molecule has 0 fully saturated rings. The van der Waals surface area contributed by atoms with Crippen molar-refractivity contribution >= 4 is 11.0 Å². The number of methoxy groups -OCH3 is 1. The van der Waals surface area contributed by atoms with Gasteiger partial charge in [0.05, 0.1) is 36.8 Å². The Kier molecular flexibility index (Phi) is 4.32. The van der Waals surface area contributed by atoms with Gasteiger partial charge in [0.1, 0.15) is 11.6 Å². The molecule has 1 heterocycles. The number of fused-ring (bicyclic) bond motifs is 1. The number of aliphatic hydroxyl groups is 1. The molecule has 2 unspecified atom stereocenters. The normalized spacial score (nSPS) is 13.9. The van der Waals surface area contributed by atoms with E-state index in [1.54, 1.807) is 14.0 Å². The number of benzene rings is 2. The Morgan fingerprint density at radius 1 is 1.17 bits per heavy atom. The SMILES string of the molecule is COc1ccc(C(N)c2nc3ccccc3n2CC(C)O)cc1. The van der Waals surface area contributed by atoms with Gasteiger partial charge in [0.25, 0.3) is 0 Å². The number of nitrogens with zero attached hydrogens (tertiary/aromatic N) is 2. The molecule has 0 aliphatic carbocycles. The van der Waals surface area contributed by atoms with E-state index in [4.69, 9.17) is 10.5 Å². The first-order valence-electron chi connectivity index (χ1n) is 7.63. The number of hydrogen-bond donors (Lipinski definition) is 2. The summed E-state index contributed by atoms with van der Waals surface area (Å²) in [5, 5.41) is 9.82. The molecular weight excluding hydrogens is 290 g/mol. The van der Waals surface area contributed by atoms with E-state index in [1.807, 2.05) is 53.1 Å². The summed E-state index contributed by atoms with van der Waals surface area (Å²) in [5.41, 5.74) is 9.25. The third-order valence-electron chi connectivity index (χ3n) is 3.88. The fraction of sp³-hybridized carbons (Fsp3) is 0.278. The summed E-state index contributed by atoms with van der Waals surface area (Å²) in [7, 11) is 1.64. The minimum absolute atomic E-state index is 0.368. The Bertz CT molecular complexity index is 794. The maximum absolute atomic E-state index is 9.82. The molecule has 0 bridgehead atoms. The van der Waals surface area contributed by atoms with Gasteiger partial charge in [-0.15, -0.1) is 0 Å². The molecule has 0 amide bonds. The zero-order valence-corrected chi connectivity index (χ0v) is 13.3. The minimum atomic E-state index is -0.477. The second-order valence-electron chi connectivity index (χ2n) is 5.67. The number of rotatable bonds is 5. The number of aromatic nitrogens is 2. The van der Waals surface area contributed by atoms with Crippen molar-refractivity contribution < 1.29 is 9.84 Å². The molecule has 3 rings (SSSR count). The van der Waals surface area contributed by atoms with Crippen molar-refractivity contribution in [2.24, 2.45) is 5.73 Å². The molecule has 0 aliphatic rings. The van der Waals surface area contributed by atoms with Gasteiger partial charge < -0.3 is 20.1 Å². The van der Waals surface area contributed by atoms with Crippen molar-refractivity contribution in [2.75, 3.05) is 7.11 Å². The van der Waals surface area contributed by atoms with Crippen molar-refractivity contribution in [3.8, 4) is 5.75 Å². The van der Waals surface area contributed by atoms with Crippen molar-refractivity contribution in [3.05, 3.63) is 59.9 Å². The number of para-hydroxylation sites is 2. The average Bonchev–Trinajstić information content (AvgIpc) is 2.92. The van der Waals surface area contributed by atoms with Gasteiger partial charge in [-0.2, -0.15) is 0 Å². The second kappa shape index (κ2) is 6.40. The molecule has 120 valence electrons. The fourth-order valence-corrected chi connectivity index (χ4v) is 2.75. The van der Waals surface area contributed by atoms with Gasteiger partial charge >= 0.3 is 0 Å². The van der Waals surface area contributed by atoms with Crippen LogP contribution in [0.25, 0.3) is 11.0 Å². The molecule has 0 radical (unpaired) electrons. The molecule has 0 spiro atoms. The molecule has 23 heavy (non-hydrogen) atoms. The molecular formula is C18H21N3O2. The van der Waals surface area contributed by atoms with Crippen molar-refractivity contribution in [1.29, 1.82) is 0 Å². The van der Waals surface area contributed by atoms with E-state index in [1.165, 1.54) is 0 Å². The highest BCUT2D eigenvalue weighted by Gasteiger charge is 2.19. The van der Waals surface area contributed by atoms with Gasteiger partial charge in [0.15, 0.2) is 0 Å². The van der Waals surface area contributed by atoms with E-state index in [2.05, 4.69) is 4.98 Å². The van der Waals surface area contributed by atoms with E-state index in [-0.39, 0.29) is 6.04 Å². The largest absolute Gasteiger partial charge is 0.497 e. The lowest BCUT2D eigenvalue weighted by atomic mass is 10.1. The van der Waals surface area contributed by atoms with Gasteiger partial charge in [-0.1, -0.05) is 24.3 Å². The van der Waals surface area contributed by atoms with Gasteiger partial charge in [-0.25, -0.2) is 4.98 Å². The van der Waals surface area contributed by atoms with E-state index >= 15 is 0 Å². The minimum Gasteiger partial charge on any atom is -0.497 e. The van der Waals surface area contributed by atoms with Crippen molar-refractivity contribution in [3.63, 3.8) is 0 Å². The molecule has 2 aromatic carbocycles. The van der Waals surface area contributed by atoms with Gasteiger partial charge in [-0.05, 0) is 36.8 Å². The zero-order valence-electron chi connectivity index (χ0n) is 13.3. The third-order valence-corrected chi connectivity index (χ3v) is 3.88. The predicted molar refractivity (Wildman–Crippen MR) is 90.4 cm³/mol. The molecule has 0 saturated heterocycles. The first-order chi connectivity index (χ1) is 11.1. The predicted octanol–water partition coefficient (Wildman–Crippen LogP) is 2.47. The standard InChI is InChI=1S/C18H21N3O2/c1-12(22)11-21-16-6-4-3-5-15(16)20-18(21)17(19)13-7-9-14(23-2)10-8-13/h3-10,12,17,22H,11,19H2,1-2H3. The molecule has 2 atom stereocenters. The molecule has 5 heteroatoms. The third kappa shape index (κ3) is 3.06. The maximum atomic E-state index is 9.82. The lowest BCUT2D eigenvalue weighted by Gasteiger charge is -2.16. The summed E-state index contributed by atoms with van der Waals surface area (Å²) in [6.45, 7) is 2.22. The van der Waals surface area contributed by atoms with Crippen LogP contribution in [0, 0.1) is 0 Å². The first kappa shape index (κ1) is 15.5. The van der Waals surface area contributed by atoms with E-state index in [9.17, 15) is 5.11 Å². The summed E-state index contributed by atoms with van der Waals surface area (Å²) in [6.07, 6.45) is -0.477. The van der Waals surface area contributed by atoms with Crippen LogP contribution in [0.4, 0.5) is 0 Å². The lowest BCUT2D eigenvalue weighted by Crippen LogP contribution is -2.21. The maximum Gasteiger partial charge on any atom is 0.131 e. The number of aliphatic hydroxyl groups excluding tert-OH is 1. The van der Waals surface area contributed by atoms with Crippen LogP contribution in [0.2, 0.25) is 0 Å². The lowest BCUT2D eigenvalue weighted by molar-refractivity contribution is 0.173. The quantitative estimate of drug-likeness (QED) is 0.759. The monoisotopic (exact) mass is 311 g/mol. The van der Waals surface area contributed by atoms with E-state index < -0.39 is 6.10 Å². The summed E-state index contributed by atoms with van der Waals surface area (Å²) >= 11 is 0. The Labute approximate surface area is 135 Å². The van der Waals surface area contributed by atoms with Crippen LogP contribution >= 0.6 is 0 Å². The van der Waals surface area contributed by atoms with E-state index in [0.29, 0.717) is 6.54 Å². The van der Waals surface area contributed by atoms with Gasteiger partial charge in [0.2, 0.25) is 0 Å². The Hall–Kier alpha value is -2.37. The zero-order chi connectivity index (χ0) is 16.4. The number of nitrogens with two attached hydrogens (primary N) is 1. The Balaban J connectivity index is 2.06. The van der Waals surface area contributed by atoms with E-state index in [0.717, 1.165) is 28.2 Å². The van der Waals surface area contributed by atoms with Crippen LogP contribution in [0.3, 0.4) is 0 Å². The van der Waals surface area contributed by atoms with Crippen molar-refractivity contribution in [2.45, 2.75) is 25.6 Å². The smallest absolute Gasteiger partial charge is 0.131 e. The molecule has 3 N–H and O–H groups in total. The highest BCUT2D eigenvalue weighted by atomic mass is 16.5. The van der Waals surface area contributed by atoms with Crippen LogP contribution < -0.4 is 10.5 Å². The highest BCUT2D eigenvalue weighted by molar-refractivity contribution is 5.76. The Morgan fingerprint density at radius 3 is 2.52 bits per heavy atom. The topological polar surface area (TPSA) is 73.3 Å². The van der Waals surface area contributed by atoms with Crippen LogP contribution in [0.1, 0.15) is 24.4 Å². The summed E-state index contributed by atoms with van der Waals surface area (Å²) in [4.78, 5) is 4.68. The van der Waals surface area contributed by atoms with Crippen LogP contribution in [-0.4, -0.2) is 27.9 Å². The molecule has 0 saturated carbocycles.